The van der Waals surface area contributed by atoms with Gasteiger partial charge >= 0.3 is 0 Å². The van der Waals surface area contributed by atoms with Gasteiger partial charge in [0.25, 0.3) is 0 Å². The molecule has 0 aromatic heterocycles. The Morgan fingerprint density at radius 3 is 1.19 bits per heavy atom. The molecule has 2 heteroatoms. The third-order valence-electron chi connectivity index (χ3n) is 6.00. The first-order valence-corrected chi connectivity index (χ1v) is 12.7. The van der Waals surface area contributed by atoms with E-state index in [0.29, 0.717) is 0 Å². The van der Waals surface area contributed by atoms with E-state index in [1.54, 1.807) is 7.11 Å². The van der Waals surface area contributed by atoms with Gasteiger partial charge in [0, 0.05) is 0 Å². The fourth-order valence-electron chi connectivity index (χ4n) is 4.12. The van der Waals surface area contributed by atoms with E-state index in [-0.39, 0.29) is 0 Å². The number of rotatable bonds is 6. The van der Waals surface area contributed by atoms with Crippen LogP contribution in [0.5, 0.6) is 5.75 Å². The highest BCUT2D eigenvalue weighted by Gasteiger charge is 2.45. The van der Waals surface area contributed by atoms with E-state index in [2.05, 4.69) is 118 Å². The lowest BCUT2D eigenvalue weighted by molar-refractivity contribution is 0.414. The quantitative estimate of drug-likeness (QED) is 0.339. The van der Waals surface area contributed by atoms with Gasteiger partial charge in [-0.15, -0.1) is 0 Å². The summed E-state index contributed by atoms with van der Waals surface area (Å²) in [5, 5.41) is 4.25. The van der Waals surface area contributed by atoms with Crippen molar-refractivity contribution >= 4 is 23.2 Å². The average molecular weight is 426 g/mol. The molecule has 0 spiro atoms. The summed E-state index contributed by atoms with van der Waals surface area (Å²) in [7, 11) is -0.180. The van der Waals surface area contributed by atoms with Crippen molar-refractivity contribution in [3.63, 3.8) is 0 Å². The summed E-state index contributed by atoms with van der Waals surface area (Å²) in [5.74, 6) is 0.897. The number of ether oxygens (including phenoxy) is 1. The van der Waals surface area contributed by atoms with Crippen LogP contribution in [0.2, 0.25) is 0 Å². The van der Waals surface area contributed by atoms with Crippen LogP contribution in [0.25, 0.3) is 0 Å². The first kappa shape index (κ1) is 21.3. The molecule has 0 saturated carbocycles. The molecule has 0 amide bonds. The van der Waals surface area contributed by atoms with Crippen LogP contribution >= 0.6 is 7.26 Å². The molecule has 0 atom stereocenters. The smallest absolute Gasteiger partial charge is 0.118 e. The topological polar surface area (TPSA) is 9.23 Å². The van der Waals surface area contributed by atoms with E-state index in [1.165, 1.54) is 38.2 Å². The molecule has 0 aliphatic rings. The summed E-state index contributed by atoms with van der Waals surface area (Å²) in [6, 6.07) is 36.1. The maximum absolute atomic E-state index is 5.40. The fourth-order valence-corrected chi connectivity index (χ4v) is 8.30. The molecular weight excluding hydrogens is 395 g/mol. The molecule has 1 nitrogen and oxygen atoms in total. The molecule has 0 aliphatic carbocycles. The van der Waals surface area contributed by atoms with Crippen molar-refractivity contribution in [1.29, 1.82) is 0 Å². The van der Waals surface area contributed by atoms with Crippen LogP contribution < -0.4 is 20.7 Å². The number of aryl methyl sites for hydroxylation is 3. The molecule has 0 bridgehead atoms. The molecule has 0 radical (unpaired) electrons. The zero-order valence-corrected chi connectivity index (χ0v) is 19.7. The lowest BCUT2D eigenvalue weighted by Crippen LogP contribution is -2.32. The Morgan fingerprint density at radius 2 is 0.871 bits per heavy atom. The van der Waals surface area contributed by atoms with Gasteiger partial charge in [-0.2, -0.15) is 0 Å². The molecule has 0 aliphatic heterocycles. The van der Waals surface area contributed by atoms with Gasteiger partial charge in [0.15, 0.2) is 0 Å². The van der Waals surface area contributed by atoms with Crippen molar-refractivity contribution < 1.29 is 4.74 Å². The van der Waals surface area contributed by atoms with Gasteiger partial charge in [0.1, 0.15) is 28.9 Å². The largest absolute Gasteiger partial charge is 0.497 e. The molecule has 0 N–H and O–H groups in total. The van der Waals surface area contributed by atoms with Crippen LogP contribution in [-0.2, 0) is 6.16 Å². The van der Waals surface area contributed by atoms with Gasteiger partial charge in [0.2, 0.25) is 0 Å². The molecule has 4 rings (SSSR count). The highest BCUT2D eigenvalue weighted by Crippen LogP contribution is 2.58. The van der Waals surface area contributed by atoms with Crippen LogP contribution in [0.3, 0.4) is 0 Å². The van der Waals surface area contributed by atoms with E-state index in [0.717, 1.165) is 11.9 Å². The van der Waals surface area contributed by atoms with E-state index in [4.69, 9.17) is 4.74 Å². The molecule has 31 heavy (non-hydrogen) atoms. The molecule has 4 aromatic rings. The van der Waals surface area contributed by atoms with E-state index in [1.807, 2.05) is 0 Å². The fraction of sp³-hybridized carbons (Fsp3) is 0.172. The monoisotopic (exact) mass is 425 g/mol. The number of hydrogen-bond donors (Lipinski definition) is 0. The highest BCUT2D eigenvalue weighted by molar-refractivity contribution is 7.95. The van der Waals surface area contributed by atoms with E-state index in [9.17, 15) is 0 Å². The Balaban J connectivity index is 1.97. The molecule has 4 aromatic carbocycles. The lowest BCUT2D eigenvalue weighted by atomic mass is 10.2. The van der Waals surface area contributed by atoms with Crippen LogP contribution in [-0.4, -0.2) is 7.11 Å². The van der Waals surface area contributed by atoms with Gasteiger partial charge < -0.3 is 4.74 Å². The van der Waals surface area contributed by atoms with Crippen molar-refractivity contribution in [1.82, 2.24) is 0 Å². The predicted octanol–water partition coefficient (Wildman–Crippen LogP) is 6.11. The second-order valence-corrected chi connectivity index (χ2v) is 11.8. The van der Waals surface area contributed by atoms with E-state index >= 15 is 0 Å². The van der Waals surface area contributed by atoms with Crippen molar-refractivity contribution in [2.45, 2.75) is 26.9 Å². The molecule has 0 saturated heterocycles. The predicted molar refractivity (Wildman–Crippen MR) is 136 cm³/mol. The second-order valence-electron chi connectivity index (χ2n) is 8.32. The second kappa shape index (κ2) is 9.08. The van der Waals surface area contributed by atoms with Crippen molar-refractivity contribution in [3.05, 3.63) is 119 Å². The van der Waals surface area contributed by atoms with Crippen molar-refractivity contribution in [2.75, 3.05) is 7.11 Å². The Kier molecular flexibility index (Phi) is 6.25. The Morgan fingerprint density at radius 1 is 0.516 bits per heavy atom. The van der Waals surface area contributed by atoms with Crippen LogP contribution in [0.1, 0.15) is 22.3 Å². The molecule has 0 fully saturated rings. The lowest BCUT2D eigenvalue weighted by Gasteiger charge is -2.28. The number of methoxy groups -OCH3 is 1. The van der Waals surface area contributed by atoms with Gasteiger partial charge in [-0.25, -0.2) is 0 Å². The summed E-state index contributed by atoms with van der Waals surface area (Å²) >= 11 is 0. The van der Waals surface area contributed by atoms with Crippen LogP contribution in [0, 0.1) is 20.8 Å². The van der Waals surface area contributed by atoms with Gasteiger partial charge in [-0.3, -0.25) is 0 Å². The van der Waals surface area contributed by atoms with Crippen molar-refractivity contribution in [3.8, 4) is 5.75 Å². The maximum atomic E-state index is 5.40. The first-order valence-electron chi connectivity index (χ1n) is 10.7. The zero-order valence-electron chi connectivity index (χ0n) is 18.8. The first-order chi connectivity index (χ1) is 15.0. The van der Waals surface area contributed by atoms with Gasteiger partial charge in [-0.05, 0) is 74.9 Å². The Hall–Kier alpha value is -2.89. The SMILES string of the molecule is COc1ccc(C[P+](c2ccc(C)cc2)(c2ccc(C)cc2)c2ccc(C)cc2)cc1. The van der Waals surface area contributed by atoms with Gasteiger partial charge in [0.05, 0.1) is 13.3 Å². The molecule has 156 valence electrons. The number of benzene rings is 4. The molecule has 0 unspecified atom stereocenters. The van der Waals surface area contributed by atoms with Crippen molar-refractivity contribution in [2.24, 2.45) is 0 Å². The summed E-state index contributed by atoms with van der Waals surface area (Å²) in [5.41, 5.74) is 5.20. The third-order valence-corrected chi connectivity index (χ3v) is 10.4. The average Bonchev–Trinajstić information content (AvgIpc) is 2.80. The maximum Gasteiger partial charge on any atom is 0.118 e. The Bertz CT molecular complexity index is 1010. The molecule has 0 heterocycles. The summed E-state index contributed by atoms with van der Waals surface area (Å²) < 4.78 is 5.40. The minimum Gasteiger partial charge on any atom is -0.497 e. The summed E-state index contributed by atoms with van der Waals surface area (Å²) in [4.78, 5) is 0. The zero-order chi connectivity index (χ0) is 21.8. The van der Waals surface area contributed by atoms with Gasteiger partial charge in [-0.1, -0.05) is 65.2 Å². The molecular formula is C29H30OP+. The standard InChI is InChI=1S/C29H30OP/c1-22-5-15-27(16-6-22)31(28-17-7-23(2)8-18-28,29-19-9-24(3)10-20-29)21-25-11-13-26(30-4)14-12-25/h5-20H,21H2,1-4H3/q+1. The minimum atomic E-state index is -1.90. The number of hydrogen-bond acceptors (Lipinski definition) is 1. The third kappa shape index (κ3) is 4.43. The van der Waals surface area contributed by atoms with E-state index < -0.39 is 7.26 Å². The summed E-state index contributed by atoms with van der Waals surface area (Å²) in [6.07, 6.45) is 0.978. The normalized spacial score (nSPS) is 11.4. The highest BCUT2D eigenvalue weighted by atomic mass is 31.2. The van der Waals surface area contributed by atoms with Crippen LogP contribution in [0.4, 0.5) is 0 Å². The Labute approximate surface area is 187 Å². The van der Waals surface area contributed by atoms with Crippen LogP contribution in [0.15, 0.2) is 97.1 Å². The summed E-state index contributed by atoms with van der Waals surface area (Å²) in [6.45, 7) is 6.47. The minimum absolute atomic E-state index is 0.897.